The van der Waals surface area contributed by atoms with Crippen molar-refractivity contribution in [3.05, 3.63) is 53.1 Å². The summed E-state index contributed by atoms with van der Waals surface area (Å²) in [4.78, 5) is 29.0. The van der Waals surface area contributed by atoms with E-state index >= 15 is 0 Å². The highest BCUT2D eigenvalue weighted by atomic mass is 16.5. The van der Waals surface area contributed by atoms with Crippen LogP contribution in [0.4, 0.5) is 4.79 Å². The van der Waals surface area contributed by atoms with Gasteiger partial charge in [-0.15, -0.1) is 0 Å². The minimum Gasteiger partial charge on any atom is -0.497 e. The molecule has 3 rings (SSSR count). The van der Waals surface area contributed by atoms with E-state index in [-0.39, 0.29) is 12.6 Å². The number of aryl methyl sites for hydroxylation is 1. The predicted molar refractivity (Wildman–Crippen MR) is 116 cm³/mol. The summed E-state index contributed by atoms with van der Waals surface area (Å²) in [5.74, 6) is 1.62. The van der Waals surface area contributed by atoms with Crippen LogP contribution in [0.1, 0.15) is 23.6 Å². The van der Waals surface area contributed by atoms with E-state index in [9.17, 15) is 9.59 Å². The van der Waals surface area contributed by atoms with Crippen LogP contribution < -0.4 is 19.5 Å². The molecule has 0 saturated carbocycles. The Morgan fingerprint density at radius 3 is 2.35 bits per heavy atom. The fraction of sp³-hybridized carbons (Fsp3) is 0.391. The molecule has 0 radical (unpaired) electrons. The summed E-state index contributed by atoms with van der Waals surface area (Å²) in [6.45, 7) is 4.37. The van der Waals surface area contributed by atoms with Crippen LogP contribution >= 0.6 is 0 Å². The van der Waals surface area contributed by atoms with Gasteiger partial charge in [-0.1, -0.05) is 12.1 Å². The minimum absolute atomic E-state index is 0.151. The molecule has 0 aliphatic carbocycles. The Balaban J connectivity index is 1.77. The number of hydrogen-bond donors (Lipinski definition) is 1. The third-order valence-corrected chi connectivity index (χ3v) is 5.59. The number of benzene rings is 2. The molecule has 8 heteroatoms. The number of hydrogen-bond acceptors (Lipinski definition) is 6. The lowest BCUT2D eigenvalue weighted by atomic mass is 9.92. The first-order valence-corrected chi connectivity index (χ1v) is 9.92. The number of imide groups is 1. The standard InChI is InChI=1S/C23H29N3O5/c1-15-10-19(30-5)20(31-6)11-16(15)13-25(3)14-26-21(27)23(2,24-22(26)28)17-8-7-9-18(12-17)29-4/h7-12H,13-14H2,1-6H3,(H,24,28)/t23-/m0/s1. The van der Waals surface area contributed by atoms with Gasteiger partial charge in [-0.3, -0.25) is 9.69 Å². The normalized spacial score (nSPS) is 18.4. The largest absolute Gasteiger partial charge is 0.497 e. The molecule has 8 nitrogen and oxygen atoms in total. The molecule has 2 aromatic rings. The molecular formula is C23H29N3O5. The van der Waals surface area contributed by atoms with E-state index in [2.05, 4.69) is 5.32 Å². The summed E-state index contributed by atoms with van der Waals surface area (Å²) in [7, 11) is 6.61. The van der Waals surface area contributed by atoms with E-state index in [0.717, 1.165) is 11.1 Å². The lowest BCUT2D eigenvalue weighted by molar-refractivity contribution is -0.132. The molecule has 1 N–H and O–H groups in total. The van der Waals surface area contributed by atoms with Gasteiger partial charge in [0.05, 0.1) is 28.0 Å². The number of amides is 3. The van der Waals surface area contributed by atoms with Gasteiger partial charge in [0, 0.05) is 6.54 Å². The number of urea groups is 1. The minimum atomic E-state index is -1.15. The van der Waals surface area contributed by atoms with Gasteiger partial charge in [0.15, 0.2) is 11.5 Å². The molecule has 166 valence electrons. The smallest absolute Gasteiger partial charge is 0.326 e. The molecule has 3 amide bonds. The van der Waals surface area contributed by atoms with Crippen molar-refractivity contribution >= 4 is 11.9 Å². The van der Waals surface area contributed by atoms with Crippen molar-refractivity contribution in [1.29, 1.82) is 0 Å². The number of methoxy groups -OCH3 is 3. The molecule has 0 spiro atoms. The van der Waals surface area contributed by atoms with E-state index in [0.29, 0.717) is 29.4 Å². The van der Waals surface area contributed by atoms with Crippen LogP contribution in [0.3, 0.4) is 0 Å². The lowest BCUT2D eigenvalue weighted by Gasteiger charge is -2.25. The van der Waals surface area contributed by atoms with E-state index < -0.39 is 11.6 Å². The molecule has 1 aliphatic heterocycles. The van der Waals surface area contributed by atoms with Crippen LogP contribution in [0, 0.1) is 6.92 Å². The summed E-state index contributed by atoms with van der Waals surface area (Å²) in [6, 6.07) is 10.6. The van der Waals surface area contributed by atoms with Crippen molar-refractivity contribution in [2.75, 3.05) is 35.0 Å². The van der Waals surface area contributed by atoms with Gasteiger partial charge < -0.3 is 19.5 Å². The quantitative estimate of drug-likeness (QED) is 0.653. The molecule has 0 unspecified atom stereocenters. The first kappa shape index (κ1) is 22.4. The molecular weight excluding hydrogens is 398 g/mol. The van der Waals surface area contributed by atoms with Crippen LogP contribution in [-0.2, 0) is 16.9 Å². The average Bonchev–Trinajstić information content (AvgIpc) is 2.98. The van der Waals surface area contributed by atoms with Gasteiger partial charge in [-0.05, 0) is 61.9 Å². The topological polar surface area (TPSA) is 80.3 Å². The van der Waals surface area contributed by atoms with Gasteiger partial charge in [-0.2, -0.15) is 0 Å². The van der Waals surface area contributed by atoms with Crippen LogP contribution in [-0.4, -0.2) is 56.8 Å². The zero-order chi connectivity index (χ0) is 22.8. The van der Waals surface area contributed by atoms with E-state index in [1.165, 1.54) is 4.90 Å². The maximum atomic E-state index is 13.2. The molecule has 1 atom stereocenters. The first-order valence-electron chi connectivity index (χ1n) is 9.92. The number of ether oxygens (including phenoxy) is 3. The molecule has 0 bridgehead atoms. The number of nitrogens with zero attached hydrogens (tertiary/aromatic N) is 2. The number of carbonyl (C=O) groups is 2. The highest BCUT2D eigenvalue weighted by Crippen LogP contribution is 2.32. The van der Waals surface area contributed by atoms with Crippen LogP contribution in [0.25, 0.3) is 0 Å². The summed E-state index contributed by atoms with van der Waals surface area (Å²) in [5, 5.41) is 2.83. The summed E-state index contributed by atoms with van der Waals surface area (Å²) < 4.78 is 16.0. The Bertz CT molecular complexity index is 993. The van der Waals surface area contributed by atoms with Crippen molar-refractivity contribution in [2.45, 2.75) is 25.9 Å². The average molecular weight is 428 g/mol. The predicted octanol–water partition coefficient (Wildman–Crippen LogP) is 2.88. The molecule has 1 saturated heterocycles. The zero-order valence-corrected chi connectivity index (χ0v) is 18.8. The maximum absolute atomic E-state index is 13.2. The van der Waals surface area contributed by atoms with E-state index in [1.54, 1.807) is 52.5 Å². The highest BCUT2D eigenvalue weighted by Gasteiger charge is 2.49. The Morgan fingerprint density at radius 2 is 1.71 bits per heavy atom. The molecule has 1 aliphatic rings. The fourth-order valence-electron chi connectivity index (χ4n) is 3.73. The lowest BCUT2D eigenvalue weighted by Crippen LogP contribution is -2.42. The van der Waals surface area contributed by atoms with Gasteiger partial charge in [0.25, 0.3) is 5.91 Å². The van der Waals surface area contributed by atoms with Crippen LogP contribution in [0.2, 0.25) is 0 Å². The van der Waals surface area contributed by atoms with Gasteiger partial charge in [0.2, 0.25) is 0 Å². The summed E-state index contributed by atoms with van der Waals surface area (Å²) >= 11 is 0. The second kappa shape index (κ2) is 8.85. The van der Waals surface area contributed by atoms with Crippen molar-refractivity contribution in [2.24, 2.45) is 0 Å². The monoisotopic (exact) mass is 427 g/mol. The molecule has 1 fully saturated rings. The summed E-state index contributed by atoms with van der Waals surface area (Å²) in [5.41, 5.74) is 1.57. The molecule has 1 heterocycles. The fourth-order valence-corrected chi connectivity index (χ4v) is 3.73. The Hall–Kier alpha value is -3.26. The number of carbonyl (C=O) groups excluding carboxylic acids is 2. The SMILES string of the molecule is COc1cccc([C@]2(C)NC(=O)N(CN(C)Cc3cc(OC)c(OC)cc3C)C2=O)c1. The van der Waals surface area contributed by atoms with Crippen molar-refractivity contribution in [3.63, 3.8) is 0 Å². The Kier molecular flexibility index (Phi) is 6.40. The van der Waals surface area contributed by atoms with Crippen molar-refractivity contribution in [3.8, 4) is 17.2 Å². The van der Waals surface area contributed by atoms with Gasteiger partial charge >= 0.3 is 6.03 Å². The van der Waals surface area contributed by atoms with E-state index in [4.69, 9.17) is 14.2 Å². The van der Waals surface area contributed by atoms with Gasteiger partial charge in [0.1, 0.15) is 11.3 Å². The zero-order valence-electron chi connectivity index (χ0n) is 18.8. The highest BCUT2D eigenvalue weighted by molar-refractivity contribution is 6.07. The Labute approximate surface area is 182 Å². The first-order chi connectivity index (χ1) is 14.7. The number of rotatable bonds is 8. The second-order valence-corrected chi connectivity index (χ2v) is 7.81. The van der Waals surface area contributed by atoms with Gasteiger partial charge in [-0.25, -0.2) is 9.69 Å². The molecule has 0 aromatic heterocycles. The molecule has 2 aromatic carbocycles. The third kappa shape index (κ3) is 4.29. The van der Waals surface area contributed by atoms with Crippen molar-refractivity contribution < 1.29 is 23.8 Å². The Morgan fingerprint density at radius 1 is 1.03 bits per heavy atom. The maximum Gasteiger partial charge on any atom is 0.326 e. The number of nitrogens with one attached hydrogen (secondary N) is 1. The van der Waals surface area contributed by atoms with Crippen LogP contribution in [0.15, 0.2) is 36.4 Å². The van der Waals surface area contributed by atoms with Crippen molar-refractivity contribution in [1.82, 2.24) is 15.1 Å². The van der Waals surface area contributed by atoms with E-state index in [1.807, 2.05) is 31.0 Å². The second-order valence-electron chi connectivity index (χ2n) is 7.81. The third-order valence-electron chi connectivity index (χ3n) is 5.59. The molecule has 31 heavy (non-hydrogen) atoms. The van der Waals surface area contributed by atoms with Crippen LogP contribution in [0.5, 0.6) is 17.2 Å². The summed E-state index contributed by atoms with van der Waals surface area (Å²) in [6.07, 6.45) is 0.